The van der Waals surface area contributed by atoms with Gasteiger partial charge in [0.2, 0.25) is 0 Å². The lowest BCUT2D eigenvalue weighted by Crippen LogP contribution is -2.36. The Morgan fingerprint density at radius 2 is 2.04 bits per heavy atom. The molecule has 2 aromatic rings. The van der Waals surface area contributed by atoms with Gasteiger partial charge in [0.25, 0.3) is 5.56 Å². The molecule has 0 N–H and O–H groups in total. The monoisotopic (exact) mass is 357 g/mol. The number of hydrogen-bond donors (Lipinski definition) is 0. The number of likely N-dealkylation sites (tertiary alicyclic amines) is 1. The van der Waals surface area contributed by atoms with Gasteiger partial charge in [-0.1, -0.05) is 0 Å². The SMILES string of the molecule is Cc1ncn(CC2CCN(Cc3cc4n(n3)CCOC4)CC2)c(=O)c1C. The molecule has 4 rings (SSSR count). The zero-order valence-electron chi connectivity index (χ0n) is 15.6. The van der Waals surface area contributed by atoms with Crippen molar-refractivity contribution < 1.29 is 4.74 Å². The van der Waals surface area contributed by atoms with Gasteiger partial charge < -0.3 is 4.74 Å². The number of ether oxygens (including phenoxy) is 1. The Bertz CT molecular complexity index is 809. The van der Waals surface area contributed by atoms with Crippen LogP contribution in [0.3, 0.4) is 0 Å². The lowest BCUT2D eigenvalue weighted by atomic mass is 9.96. The molecule has 7 heteroatoms. The number of rotatable bonds is 4. The second-order valence-corrected chi connectivity index (χ2v) is 7.53. The zero-order chi connectivity index (χ0) is 18.1. The first-order valence-corrected chi connectivity index (χ1v) is 9.48. The average Bonchev–Trinajstić information content (AvgIpc) is 3.06. The maximum atomic E-state index is 12.4. The van der Waals surface area contributed by atoms with Gasteiger partial charge in [-0.3, -0.25) is 18.9 Å². The molecule has 4 heterocycles. The van der Waals surface area contributed by atoms with Gasteiger partial charge in [-0.2, -0.15) is 5.10 Å². The molecule has 26 heavy (non-hydrogen) atoms. The van der Waals surface area contributed by atoms with Crippen molar-refractivity contribution in [2.75, 3.05) is 19.7 Å². The van der Waals surface area contributed by atoms with Crippen LogP contribution in [0, 0.1) is 19.8 Å². The highest BCUT2D eigenvalue weighted by Gasteiger charge is 2.22. The van der Waals surface area contributed by atoms with Crippen molar-refractivity contribution in [1.82, 2.24) is 24.2 Å². The fourth-order valence-corrected chi connectivity index (χ4v) is 3.87. The Labute approximate surface area is 153 Å². The molecule has 140 valence electrons. The summed E-state index contributed by atoms with van der Waals surface area (Å²) in [4.78, 5) is 19.2. The second kappa shape index (κ2) is 7.32. The van der Waals surface area contributed by atoms with Gasteiger partial charge in [0.15, 0.2) is 0 Å². The summed E-state index contributed by atoms with van der Waals surface area (Å²) < 4.78 is 9.35. The molecule has 0 bridgehead atoms. The summed E-state index contributed by atoms with van der Waals surface area (Å²) in [7, 11) is 0. The van der Waals surface area contributed by atoms with E-state index in [4.69, 9.17) is 9.84 Å². The highest BCUT2D eigenvalue weighted by molar-refractivity contribution is 5.12. The van der Waals surface area contributed by atoms with Crippen molar-refractivity contribution in [2.24, 2.45) is 5.92 Å². The van der Waals surface area contributed by atoms with Gasteiger partial charge in [-0.15, -0.1) is 0 Å². The summed E-state index contributed by atoms with van der Waals surface area (Å²) in [5.41, 5.74) is 4.01. The fraction of sp³-hybridized carbons (Fsp3) is 0.632. The first-order chi connectivity index (χ1) is 12.6. The van der Waals surface area contributed by atoms with Crippen molar-refractivity contribution in [3.05, 3.63) is 45.4 Å². The van der Waals surface area contributed by atoms with Gasteiger partial charge in [-0.25, -0.2) is 4.98 Å². The predicted molar refractivity (Wildman–Crippen MR) is 97.9 cm³/mol. The number of piperidine rings is 1. The van der Waals surface area contributed by atoms with E-state index >= 15 is 0 Å². The first-order valence-electron chi connectivity index (χ1n) is 9.48. The van der Waals surface area contributed by atoms with Crippen LogP contribution in [0.4, 0.5) is 0 Å². The summed E-state index contributed by atoms with van der Waals surface area (Å²) in [6, 6.07) is 2.17. The minimum atomic E-state index is 0.103. The van der Waals surface area contributed by atoms with Crippen LogP contribution in [0.5, 0.6) is 0 Å². The van der Waals surface area contributed by atoms with Crippen LogP contribution in [0.15, 0.2) is 17.2 Å². The number of nitrogens with zero attached hydrogens (tertiary/aromatic N) is 5. The number of aromatic nitrogens is 4. The number of hydrogen-bond acceptors (Lipinski definition) is 5. The van der Waals surface area contributed by atoms with E-state index in [-0.39, 0.29) is 5.56 Å². The van der Waals surface area contributed by atoms with E-state index < -0.39 is 0 Å². The molecule has 0 saturated carbocycles. The van der Waals surface area contributed by atoms with Gasteiger partial charge in [0.05, 0.1) is 37.5 Å². The summed E-state index contributed by atoms with van der Waals surface area (Å²) in [5.74, 6) is 0.538. The van der Waals surface area contributed by atoms with E-state index in [1.54, 1.807) is 10.9 Å². The number of aryl methyl sites for hydroxylation is 1. The van der Waals surface area contributed by atoms with Gasteiger partial charge >= 0.3 is 0 Å². The Morgan fingerprint density at radius 1 is 1.23 bits per heavy atom. The molecule has 0 amide bonds. The topological polar surface area (TPSA) is 65.2 Å². The maximum Gasteiger partial charge on any atom is 0.256 e. The maximum absolute atomic E-state index is 12.4. The van der Waals surface area contributed by atoms with Crippen LogP contribution in [-0.2, 0) is 31.0 Å². The normalized spacial score (nSPS) is 18.8. The summed E-state index contributed by atoms with van der Waals surface area (Å²) in [5, 5.41) is 4.70. The quantitative estimate of drug-likeness (QED) is 0.830. The van der Waals surface area contributed by atoms with Crippen molar-refractivity contribution in [2.45, 2.75) is 52.9 Å². The van der Waals surface area contributed by atoms with Crippen LogP contribution < -0.4 is 5.56 Å². The Balaban J connectivity index is 1.32. The van der Waals surface area contributed by atoms with Crippen LogP contribution in [0.2, 0.25) is 0 Å². The Kier molecular flexibility index (Phi) is 4.91. The van der Waals surface area contributed by atoms with Crippen LogP contribution in [-0.4, -0.2) is 43.9 Å². The lowest BCUT2D eigenvalue weighted by molar-refractivity contribution is 0.0799. The molecule has 1 saturated heterocycles. The molecule has 2 aromatic heterocycles. The third-order valence-corrected chi connectivity index (χ3v) is 5.67. The molecule has 7 nitrogen and oxygen atoms in total. The lowest BCUT2D eigenvalue weighted by Gasteiger charge is -2.31. The van der Waals surface area contributed by atoms with Crippen molar-refractivity contribution in [1.29, 1.82) is 0 Å². The molecule has 0 aromatic carbocycles. The summed E-state index contributed by atoms with van der Waals surface area (Å²) >= 11 is 0. The third kappa shape index (κ3) is 3.59. The molecular formula is C19H27N5O2. The third-order valence-electron chi connectivity index (χ3n) is 5.67. The van der Waals surface area contributed by atoms with Crippen LogP contribution in [0.25, 0.3) is 0 Å². The molecule has 1 fully saturated rings. The van der Waals surface area contributed by atoms with E-state index in [9.17, 15) is 4.79 Å². The standard InChI is InChI=1S/C19H27N5O2/c1-14-15(2)20-13-23(19(14)25)10-16-3-5-22(6-4-16)11-17-9-18-12-26-8-7-24(18)21-17/h9,13,16H,3-8,10-12H2,1-2H3. The molecular weight excluding hydrogens is 330 g/mol. The van der Waals surface area contributed by atoms with E-state index in [0.717, 1.165) is 69.1 Å². The molecule has 0 aliphatic carbocycles. The number of fused-ring (bicyclic) bond motifs is 1. The van der Waals surface area contributed by atoms with E-state index in [1.807, 2.05) is 13.8 Å². The van der Waals surface area contributed by atoms with Crippen molar-refractivity contribution in [3.63, 3.8) is 0 Å². The minimum Gasteiger partial charge on any atom is -0.373 e. The molecule has 0 unspecified atom stereocenters. The molecule has 0 radical (unpaired) electrons. The van der Waals surface area contributed by atoms with Crippen molar-refractivity contribution >= 4 is 0 Å². The highest BCUT2D eigenvalue weighted by atomic mass is 16.5. The summed E-state index contributed by atoms with van der Waals surface area (Å²) in [6.45, 7) is 9.82. The minimum absolute atomic E-state index is 0.103. The fourth-order valence-electron chi connectivity index (χ4n) is 3.87. The molecule has 2 aliphatic heterocycles. The first kappa shape index (κ1) is 17.4. The van der Waals surface area contributed by atoms with E-state index in [2.05, 4.69) is 20.6 Å². The van der Waals surface area contributed by atoms with Crippen molar-refractivity contribution in [3.8, 4) is 0 Å². The van der Waals surface area contributed by atoms with Crippen LogP contribution >= 0.6 is 0 Å². The highest BCUT2D eigenvalue weighted by Crippen LogP contribution is 2.21. The Hall–Kier alpha value is -1.99. The van der Waals surface area contributed by atoms with E-state index in [0.29, 0.717) is 12.5 Å². The average molecular weight is 357 g/mol. The van der Waals surface area contributed by atoms with Crippen LogP contribution in [0.1, 0.15) is 35.5 Å². The Morgan fingerprint density at radius 3 is 2.81 bits per heavy atom. The zero-order valence-corrected chi connectivity index (χ0v) is 15.6. The predicted octanol–water partition coefficient (Wildman–Crippen LogP) is 1.50. The van der Waals surface area contributed by atoms with Gasteiger partial charge in [0, 0.05) is 24.3 Å². The second-order valence-electron chi connectivity index (χ2n) is 7.53. The molecule has 0 atom stereocenters. The molecule has 2 aliphatic rings. The van der Waals surface area contributed by atoms with Gasteiger partial charge in [0.1, 0.15) is 0 Å². The van der Waals surface area contributed by atoms with Gasteiger partial charge in [-0.05, 0) is 51.8 Å². The van der Waals surface area contributed by atoms with E-state index in [1.165, 1.54) is 5.69 Å². The largest absolute Gasteiger partial charge is 0.373 e. The smallest absolute Gasteiger partial charge is 0.256 e. The molecule has 0 spiro atoms. The summed E-state index contributed by atoms with van der Waals surface area (Å²) in [6.07, 6.45) is 3.92.